The van der Waals surface area contributed by atoms with Crippen LogP contribution in [-0.4, -0.2) is 32.9 Å². The Morgan fingerprint density at radius 1 is 1.12 bits per heavy atom. The normalized spacial score (nSPS) is 18.9. The Hall–Kier alpha value is -1.46. The summed E-state index contributed by atoms with van der Waals surface area (Å²) in [5, 5.41) is 4.29. The first-order chi connectivity index (χ1) is 11.7. The van der Waals surface area contributed by atoms with E-state index in [9.17, 15) is 0 Å². The van der Waals surface area contributed by atoms with E-state index in [-0.39, 0.29) is 6.10 Å². The highest BCUT2D eigenvalue weighted by molar-refractivity contribution is 6.42. The number of ether oxygens (including phenoxy) is 3. The molecule has 2 aromatic carbocycles. The number of nitrogens with one attached hydrogen (secondary N) is 1. The van der Waals surface area contributed by atoms with E-state index in [0.29, 0.717) is 34.7 Å². The molecule has 2 unspecified atom stereocenters. The number of methoxy groups -OCH3 is 1. The largest absolute Gasteiger partial charge is 0.493 e. The van der Waals surface area contributed by atoms with Crippen LogP contribution < -0.4 is 14.8 Å². The summed E-state index contributed by atoms with van der Waals surface area (Å²) in [6, 6.07) is 13.0. The van der Waals surface area contributed by atoms with Crippen LogP contribution in [0.4, 0.5) is 0 Å². The lowest BCUT2D eigenvalue weighted by molar-refractivity contribution is -0.0438. The zero-order valence-electron chi connectivity index (χ0n) is 13.3. The molecular formula is C18H19Cl2NO3. The van der Waals surface area contributed by atoms with Gasteiger partial charge in [0.15, 0.2) is 17.6 Å². The molecule has 1 heterocycles. The Bertz CT molecular complexity index is 690. The second-order valence-electron chi connectivity index (χ2n) is 5.45. The zero-order chi connectivity index (χ0) is 16.9. The highest BCUT2D eigenvalue weighted by atomic mass is 35.5. The monoisotopic (exact) mass is 367 g/mol. The van der Waals surface area contributed by atoms with Gasteiger partial charge in [-0.1, -0.05) is 47.5 Å². The molecule has 0 radical (unpaired) electrons. The van der Waals surface area contributed by atoms with E-state index in [1.807, 2.05) is 36.4 Å². The van der Waals surface area contributed by atoms with Crippen molar-refractivity contribution >= 4 is 23.2 Å². The van der Waals surface area contributed by atoms with Gasteiger partial charge in [0.05, 0.1) is 23.8 Å². The predicted octanol–water partition coefficient (Wildman–Crippen LogP) is 4.11. The van der Waals surface area contributed by atoms with Crippen LogP contribution in [0.3, 0.4) is 0 Å². The van der Waals surface area contributed by atoms with Crippen molar-refractivity contribution in [1.82, 2.24) is 5.32 Å². The van der Waals surface area contributed by atoms with Gasteiger partial charge in [-0.25, -0.2) is 0 Å². The summed E-state index contributed by atoms with van der Waals surface area (Å²) >= 11 is 12.6. The van der Waals surface area contributed by atoms with Crippen LogP contribution in [0.1, 0.15) is 11.7 Å². The first kappa shape index (κ1) is 17.4. The topological polar surface area (TPSA) is 39.7 Å². The quantitative estimate of drug-likeness (QED) is 0.862. The lowest BCUT2D eigenvalue weighted by Crippen LogP contribution is -2.43. The number of morpholine rings is 1. The van der Waals surface area contributed by atoms with Crippen molar-refractivity contribution < 1.29 is 14.2 Å². The molecule has 0 spiro atoms. The van der Waals surface area contributed by atoms with Crippen molar-refractivity contribution in [2.75, 3.05) is 26.8 Å². The van der Waals surface area contributed by atoms with Gasteiger partial charge in [0, 0.05) is 18.7 Å². The molecule has 1 saturated heterocycles. The van der Waals surface area contributed by atoms with E-state index in [4.69, 9.17) is 37.4 Å². The summed E-state index contributed by atoms with van der Waals surface area (Å²) in [6.45, 7) is 2.11. The average molecular weight is 368 g/mol. The van der Waals surface area contributed by atoms with Gasteiger partial charge >= 0.3 is 0 Å². The third kappa shape index (κ3) is 3.78. The smallest absolute Gasteiger partial charge is 0.162 e. The van der Waals surface area contributed by atoms with E-state index < -0.39 is 6.10 Å². The Morgan fingerprint density at radius 2 is 1.92 bits per heavy atom. The van der Waals surface area contributed by atoms with Gasteiger partial charge in [0.1, 0.15) is 6.10 Å². The molecule has 0 aromatic heterocycles. The molecule has 1 aliphatic rings. The zero-order valence-corrected chi connectivity index (χ0v) is 14.8. The van der Waals surface area contributed by atoms with Crippen LogP contribution in [0, 0.1) is 0 Å². The standard InChI is InChI=1S/C18H19Cl2NO3/c1-22-14-7-2-3-8-15(14)24-18(16-11-21-9-10-23-16)12-5-4-6-13(19)17(12)20/h2-8,16,18,21H,9-11H2,1H3. The third-order valence-electron chi connectivity index (χ3n) is 3.90. The lowest BCUT2D eigenvalue weighted by Gasteiger charge is -2.32. The molecule has 2 atom stereocenters. The second-order valence-corrected chi connectivity index (χ2v) is 6.23. The van der Waals surface area contributed by atoms with E-state index in [2.05, 4.69) is 5.32 Å². The number of halogens is 2. The molecular weight excluding hydrogens is 349 g/mol. The van der Waals surface area contributed by atoms with E-state index in [1.165, 1.54) is 0 Å². The number of hydrogen-bond donors (Lipinski definition) is 1. The summed E-state index contributed by atoms with van der Waals surface area (Å²) < 4.78 is 17.6. The van der Waals surface area contributed by atoms with Crippen molar-refractivity contribution in [2.45, 2.75) is 12.2 Å². The average Bonchev–Trinajstić information content (AvgIpc) is 2.63. The summed E-state index contributed by atoms with van der Waals surface area (Å²) in [6.07, 6.45) is -0.583. The van der Waals surface area contributed by atoms with Crippen LogP contribution in [0.5, 0.6) is 11.5 Å². The van der Waals surface area contributed by atoms with Crippen LogP contribution in [0.25, 0.3) is 0 Å². The molecule has 4 nitrogen and oxygen atoms in total. The van der Waals surface area contributed by atoms with Gasteiger partial charge in [0.25, 0.3) is 0 Å². The highest BCUT2D eigenvalue weighted by Crippen LogP contribution is 2.38. The van der Waals surface area contributed by atoms with Crippen LogP contribution in [0.15, 0.2) is 42.5 Å². The Morgan fingerprint density at radius 3 is 2.62 bits per heavy atom. The molecule has 0 saturated carbocycles. The maximum atomic E-state index is 6.43. The van der Waals surface area contributed by atoms with Crippen molar-refractivity contribution in [3.8, 4) is 11.5 Å². The molecule has 6 heteroatoms. The summed E-state index contributed by atoms with van der Waals surface area (Å²) in [5.41, 5.74) is 0.795. The minimum atomic E-state index is -0.403. The highest BCUT2D eigenvalue weighted by Gasteiger charge is 2.30. The maximum absolute atomic E-state index is 6.43. The first-order valence-electron chi connectivity index (χ1n) is 7.76. The van der Waals surface area contributed by atoms with Crippen LogP contribution in [0.2, 0.25) is 10.0 Å². The Labute approximate surface area is 151 Å². The summed E-state index contributed by atoms with van der Waals surface area (Å²) in [4.78, 5) is 0. The Balaban J connectivity index is 1.97. The van der Waals surface area contributed by atoms with Gasteiger partial charge < -0.3 is 19.5 Å². The minimum absolute atomic E-state index is 0.181. The van der Waals surface area contributed by atoms with Crippen molar-refractivity contribution in [3.63, 3.8) is 0 Å². The molecule has 1 fully saturated rings. The van der Waals surface area contributed by atoms with Crippen molar-refractivity contribution in [1.29, 1.82) is 0 Å². The first-order valence-corrected chi connectivity index (χ1v) is 8.52. The molecule has 128 valence electrons. The van der Waals surface area contributed by atoms with Gasteiger partial charge in [-0.2, -0.15) is 0 Å². The van der Waals surface area contributed by atoms with E-state index in [0.717, 1.165) is 12.1 Å². The van der Waals surface area contributed by atoms with E-state index >= 15 is 0 Å². The van der Waals surface area contributed by atoms with Gasteiger partial charge in [-0.05, 0) is 18.2 Å². The van der Waals surface area contributed by atoms with Crippen LogP contribution >= 0.6 is 23.2 Å². The molecule has 0 amide bonds. The van der Waals surface area contributed by atoms with Gasteiger partial charge in [0.2, 0.25) is 0 Å². The minimum Gasteiger partial charge on any atom is -0.493 e. The van der Waals surface area contributed by atoms with Gasteiger partial charge in [-0.3, -0.25) is 0 Å². The van der Waals surface area contributed by atoms with E-state index in [1.54, 1.807) is 13.2 Å². The molecule has 1 N–H and O–H groups in total. The van der Waals surface area contributed by atoms with Crippen molar-refractivity contribution in [3.05, 3.63) is 58.1 Å². The second kappa shape index (κ2) is 8.08. The lowest BCUT2D eigenvalue weighted by atomic mass is 10.0. The number of para-hydroxylation sites is 2. The summed E-state index contributed by atoms with van der Waals surface area (Å²) in [5.74, 6) is 1.29. The van der Waals surface area contributed by atoms with Crippen LogP contribution in [-0.2, 0) is 4.74 Å². The molecule has 0 bridgehead atoms. The number of rotatable bonds is 5. The molecule has 24 heavy (non-hydrogen) atoms. The molecule has 0 aliphatic carbocycles. The molecule has 1 aliphatic heterocycles. The fraction of sp³-hybridized carbons (Fsp3) is 0.333. The molecule has 2 aromatic rings. The molecule has 3 rings (SSSR count). The Kier molecular flexibility index (Phi) is 5.85. The fourth-order valence-corrected chi connectivity index (χ4v) is 3.13. The third-order valence-corrected chi connectivity index (χ3v) is 4.74. The number of hydrogen-bond acceptors (Lipinski definition) is 4. The van der Waals surface area contributed by atoms with Gasteiger partial charge in [-0.15, -0.1) is 0 Å². The number of benzene rings is 2. The fourth-order valence-electron chi connectivity index (χ4n) is 2.71. The maximum Gasteiger partial charge on any atom is 0.162 e. The SMILES string of the molecule is COc1ccccc1OC(c1cccc(Cl)c1Cl)C1CNCCO1. The summed E-state index contributed by atoms with van der Waals surface area (Å²) in [7, 11) is 1.61. The predicted molar refractivity (Wildman–Crippen MR) is 95.4 cm³/mol. The van der Waals surface area contributed by atoms with Crippen molar-refractivity contribution in [2.24, 2.45) is 0 Å².